The molecule has 0 N–H and O–H groups in total. The Bertz CT molecular complexity index is 3650. The maximum atomic E-state index is 7.28. The van der Waals surface area contributed by atoms with E-state index in [4.69, 9.17) is 4.42 Å². The highest BCUT2D eigenvalue weighted by atomic mass is 16.3. The van der Waals surface area contributed by atoms with Crippen molar-refractivity contribution in [3.63, 3.8) is 0 Å². The third kappa shape index (κ3) is 6.87. The van der Waals surface area contributed by atoms with E-state index in [0.29, 0.717) is 0 Å². The number of nitrogens with zero attached hydrogens (tertiary/aromatic N) is 2. The van der Waals surface area contributed by atoms with Crippen LogP contribution in [-0.4, -0.2) is 0 Å². The van der Waals surface area contributed by atoms with Gasteiger partial charge in [-0.3, -0.25) is 0 Å². The first-order chi connectivity index (χ1) is 32.2. The van der Waals surface area contributed by atoms with Gasteiger partial charge in [0.15, 0.2) is 5.58 Å². The van der Waals surface area contributed by atoms with E-state index >= 15 is 0 Å². The maximum Gasteiger partial charge on any atom is 0.159 e. The fraction of sp³-hybridized carbons (Fsp3) is 0. The highest BCUT2D eigenvalue weighted by molar-refractivity contribution is 6.19. The van der Waals surface area contributed by atoms with Crippen molar-refractivity contribution < 1.29 is 4.42 Å². The van der Waals surface area contributed by atoms with Gasteiger partial charge in [0.2, 0.25) is 0 Å². The predicted octanol–water partition coefficient (Wildman–Crippen LogP) is 17.8. The second kappa shape index (κ2) is 16.2. The normalized spacial score (nSPS) is 11.4. The van der Waals surface area contributed by atoms with Gasteiger partial charge >= 0.3 is 0 Å². The molecule has 0 aliphatic carbocycles. The van der Waals surface area contributed by atoms with Gasteiger partial charge in [0, 0.05) is 44.3 Å². The Kier molecular flexibility index (Phi) is 9.50. The number of rotatable bonds is 9. The van der Waals surface area contributed by atoms with Crippen molar-refractivity contribution in [1.29, 1.82) is 0 Å². The molecule has 306 valence electrons. The summed E-state index contributed by atoms with van der Waals surface area (Å²) in [5.74, 6) is 0. The summed E-state index contributed by atoms with van der Waals surface area (Å²) in [5, 5.41) is 6.74. The van der Waals surface area contributed by atoms with Crippen LogP contribution < -0.4 is 9.80 Å². The molecule has 0 saturated carbocycles. The molecule has 0 atom stereocenters. The van der Waals surface area contributed by atoms with Crippen molar-refractivity contribution in [2.75, 3.05) is 9.80 Å². The van der Waals surface area contributed by atoms with Gasteiger partial charge in [0.1, 0.15) is 5.58 Å². The van der Waals surface area contributed by atoms with Crippen LogP contribution in [0.5, 0.6) is 0 Å². The third-order valence-corrected chi connectivity index (χ3v) is 12.6. The van der Waals surface area contributed by atoms with Crippen LogP contribution in [0.15, 0.2) is 259 Å². The molecule has 0 aliphatic rings. The molecule has 1 heterocycles. The molecular formula is C62H42N2O. The zero-order valence-electron chi connectivity index (χ0n) is 35.6. The number of hydrogen-bond acceptors (Lipinski definition) is 3. The predicted molar refractivity (Wildman–Crippen MR) is 274 cm³/mol. The second-order valence-electron chi connectivity index (χ2n) is 16.5. The summed E-state index contributed by atoms with van der Waals surface area (Å²) in [5.41, 5.74) is 14.6. The SMILES string of the molecule is c1ccc(-c2ccc(N(c3ccccc3-c3ccccc3)c3cc(N(c4ccccc4)c4ccccc4-c4ccc5ccccc5c4)cc4c3oc3c5ccccc5ccc43)cc2)cc1. The van der Waals surface area contributed by atoms with Crippen LogP contribution in [0.3, 0.4) is 0 Å². The van der Waals surface area contributed by atoms with Gasteiger partial charge < -0.3 is 14.2 Å². The molecule has 11 aromatic carbocycles. The first-order valence-electron chi connectivity index (χ1n) is 22.2. The van der Waals surface area contributed by atoms with Crippen molar-refractivity contribution in [1.82, 2.24) is 0 Å². The lowest BCUT2D eigenvalue weighted by molar-refractivity contribution is 0.673. The fourth-order valence-electron chi connectivity index (χ4n) is 9.51. The number of benzene rings is 11. The van der Waals surface area contributed by atoms with Gasteiger partial charge in [-0.25, -0.2) is 0 Å². The van der Waals surface area contributed by atoms with Gasteiger partial charge in [-0.15, -0.1) is 0 Å². The minimum absolute atomic E-state index is 0.811. The summed E-state index contributed by atoms with van der Waals surface area (Å²) in [7, 11) is 0. The number of anilines is 6. The molecule has 12 aromatic rings. The minimum atomic E-state index is 0.811. The molecule has 65 heavy (non-hydrogen) atoms. The monoisotopic (exact) mass is 830 g/mol. The smallest absolute Gasteiger partial charge is 0.159 e. The number of para-hydroxylation sites is 3. The van der Waals surface area contributed by atoms with Crippen molar-refractivity contribution in [2.45, 2.75) is 0 Å². The Morgan fingerprint density at radius 1 is 0.246 bits per heavy atom. The molecule has 0 unspecified atom stereocenters. The van der Waals surface area contributed by atoms with E-state index in [1.807, 2.05) is 0 Å². The van der Waals surface area contributed by atoms with Crippen molar-refractivity contribution in [2.24, 2.45) is 0 Å². The van der Waals surface area contributed by atoms with E-state index in [0.717, 1.165) is 94.7 Å². The van der Waals surface area contributed by atoms with Crippen LogP contribution in [-0.2, 0) is 0 Å². The fourth-order valence-corrected chi connectivity index (χ4v) is 9.51. The second-order valence-corrected chi connectivity index (χ2v) is 16.5. The van der Waals surface area contributed by atoms with E-state index in [1.54, 1.807) is 0 Å². The average molecular weight is 831 g/mol. The van der Waals surface area contributed by atoms with Crippen LogP contribution >= 0.6 is 0 Å². The van der Waals surface area contributed by atoms with Crippen molar-refractivity contribution in [3.05, 3.63) is 255 Å². The van der Waals surface area contributed by atoms with E-state index < -0.39 is 0 Å². The lowest BCUT2D eigenvalue weighted by Crippen LogP contribution is -2.14. The summed E-state index contributed by atoms with van der Waals surface area (Å²) >= 11 is 0. The summed E-state index contributed by atoms with van der Waals surface area (Å²) in [6, 6.07) is 91.4. The van der Waals surface area contributed by atoms with E-state index in [-0.39, 0.29) is 0 Å². The summed E-state index contributed by atoms with van der Waals surface area (Å²) < 4.78 is 7.28. The largest absolute Gasteiger partial charge is 0.453 e. The number of fused-ring (bicyclic) bond motifs is 6. The molecule has 0 bridgehead atoms. The quantitative estimate of drug-likeness (QED) is 0.144. The van der Waals surface area contributed by atoms with Crippen LogP contribution in [0.4, 0.5) is 34.1 Å². The van der Waals surface area contributed by atoms with Crippen LogP contribution in [0.1, 0.15) is 0 Å². The van der Waals surface area contributed by atoms with Gasteiger partial charge in [-0.2, -0.15) is 0 Å². The van der Waals surface area contributed by atoms with E-state index in [2.05, 4.69) is 265 Å². The standard InChI is InChI=1S/C62H42N2O/c1-4-18-43(19-5-1)45-34-37-51(38-35-45)64(59-31-17-14-27-53(59)46-21-6-2-7-22-46)60-42-52(41-57-56-39-36-47-23-12-13-29-55(47)61(56)65-62(57)60)63(50-25-8-3-9-26-50)58-30-16-15-28-54(58)49-33-32-44-20-10-11-24-48(44)40-49/h1-42H. The summed E-state index contributed by atoms with van der Waals surface area (Å²) in [6.07, 6.45) is 0. The molecular weight excluding hydrogens is 789 g/mol. The molecule has 3 heteroatoms. The molecule has 0 saturated heterocycles. The summed E-state index contributed by atoms with van der Waals surface area (Å²) in [6.45, 7) is 0. The van der Waals surface area contributed by atoms with Crippen LogP contribution in [0, 0.1) is 0 Å². The highest BCUT2D eigenvalue weighted by Gasteiger charge is 2.27. The van der Waals surface area contributed by atoms with Crippen LogP contribution in [0.2, 0.25) is 0 Å². The Balaban J connectivity index is 1.17. The highest BCUT2D eigenvalue weighted by Crippen LogP contribution is 2.50. The Hall–Kier alpha value is -8.66. The maximum absolute atomic E-state index is 7.28. The first kappa shape index (κ1) is 38.0. The molecule has 0 radical (unpaired) electrons. The Morgan fingerprint density at radius 3 is 1.51 bits per heavy atom. The minimum Gasteiger partial charge on any atom is -0.453 e. The molecule has 1 aromatic heterocycles. The average Bonchev–Trinajstić information content (AvgIpc) is 3.77. The lowest BCUT2D eigenvalue weighted by atomic mass is 9.98. The zero-order valence-corrected chi connectivity index (χ0v) is 35.6. The number of hydrogen-bond donors (Lipinski definition) is 0. The number of furan rings is 1. The van der Waals surface area contributed by atoms with Gasteiger partial charge in [-0.1, -0.05) is 194 Å². The third-order valence-electron chi connectivity index (χ3n) is 12.6. The Morgan fingerprint density at radius 2 is 0.769 bits per heavy atom. The van der Waals surface area contributed by atoms with Gasteiger partial charge in [-0.05, 0) is 99.1 Å². The van der Waals surface area contributed by atoms with Gasteiger partial charge in [0.05, 0.1) is 17.1 Å². The molecule has 0 spiro atoms. The molecule has 3 nitrogen and oxygen atoms in total. The molecule has 0 aliphatic heterocycles. The van der Waals surface area contributed by atoms with Gasteiger partial charge in [0.25, 0.3) is 0 Å². The van der Waals surface area contributed by atoms with E-state index in [1.165, 1.54) is 16.3 Å². The first-order valence-corrected chi connectivity index (χ1v) is 22.2. The topological polar surface area (TPSA) is 19.6 Å². The lowest BCUT2D eigenvalue weighted by Gasteiger charge is -2.31. The zero-order chi connectivity index (χ0) is 43.1. The van der Waals surface area contributed by atoms with Crippen molar-refractivity contribution >= 4 is 77.6 Å². The van der Waals surface area contributed by atoms with Crippen molar-refractivity contribution in [3.8, 4) is 33.4 Å². The molecule has 12 rings (SSSR count). The molecule has 0 amide bonds. The summed E-state index contributed by atoms with van der Waals surface area (Å²) in [4.78, 5) is 4.80. The van der Waals surface area contributed by atoms with E-state index in [9.17, 15) is 0 Å². The molecule has 0 fully saturated rings. The Labute approximate surface area is 378 Å². The van der Waals surface area contributed by atoms with Crippen LogP contribution in [0.25, 0.3) is 76.9 Å².